The molecular formula is C18H30N2. The van der Waals surface area contributed by atoms with E-state index in [1.54, 1.807) is 0 Å². The Kier molecular flexibility index (Phi) is 2.93. The molecule has 0 aromatic rings. The highest BCUT2D eigenvalue weighted by Gasteiger charge is 2.53. The van der Waals surface area contributed by atoms with E-state index in [0.717, 1.165) is 47.8 Å². The summed E-state index contributed by atoms with van der Waals surface area (Å²) >= 11 is 0. The van der Waals surface area contributed by atoms with Crippen molar-refractivity contribution in [3.8, 4) is 0 Å². The zero-order valence-electron chi connectivity index (χ0n) is 12.7. The van der Waals surface area contributed by atoms with Gasteiger partial charge in [0.25, 0.3) is 0 Å². The van der Waals surface area contributed by atoms with E-state index < -0.39 is 0 Å². The van der Waals surface area contributed by atoms with Crippen molar-refractivity contribution in [3.63, 3.8) is 0 Å². The fraction of sp³-hybridized carbons (Fsp3) is 1.00. The van der Waals surface area contributed by atoms with Crippen LogP contribution in [0.1, 0.15) is 64.2 Å². The lowest BCUT2D eigenvalue weighted by Gasteiger charge is -2.39. The Morgan fingerprint density at radius 2 is 0.900 bits per heavy atom. The highest BCUT2D eigenvalue weighted by molar-refractivity contribution is 5.10. The van der Waals surface area contributed by atoms with E-state index in [9.17, 15) is 0 Å². The molecule has 5 rings (SSSR count). The molecule has 0 aromatic heterocycles. The van der Waals surface area contributed by atoms with Gasteiger partial charge >= 0.3 is 0 Å². The minimum atomic E-state index is 0.881. The zero-order valence-corrected chi connectivity index (χ0v) is 12.7. The molecule has 2 heterocycles. The van der Waals surface area contributed by atoms with Crippen LogP contribution in [0.5, 0.6) is 0 Å². The van der Waals surface area contributed by atoms with Crippen molar-refractivity contribution >= 4 is 0 Å². The van der Waals surface area contributed by atoms with Crippen LogP contribution >= 0.6 is 0 Å². The summed E-state index contributed by atoms with van der Waals surface area (Å²) in [7, 11) is 0. The van der Waals surface area contributed by atoms with Crippen molar-refractivity contribution in [2.75, 3.05) is 0 Å². The lowest BCUT2D eigenvalue weighted by Crippen LogP contribution is -2.44. The van der Waals surface area contributed by atoms with Crippen LogP contribution in [0.2, 0.25) is 0 Å². The molecule has 0 aromatic carbocycles. The Hall–Kier alpha value is -0.0800. The second kappa shape index (κ2) is 4.71. The third kappa shape index (κ3) is 1.76. The Balaban J connectivity index is 1.36. The van der Waals surface area contributed by atoms with Crippen molar-refractivity contribution in [3.05, 3.63) is 0 Å². The van der Waals surface area contributed by atoms with Crippen LogP contribution in [0.25, 0.3) is 0 Å². The largest absolute Gasteiger partial charge is 0.311 e. The molecule has 5 fully saturated rings. The van der Waals surface area contributed by atoms with E-state index in [2.05, 4.69) is 10.6 Å². The Labute approximate surface area is 123 Å². The number of rotatable bonds is 0. The lowest BCUT2D eigenvalue weighted by molar-refractivity contribution is 0.154. The maximum absolute atomic E-state index is 4.08. The Morgan fingerprint density at radius 1 is 0.450 bits per heavy atom. The van der Waals surface area contributed by atoms with Crippen LogP contribution in [0.15, 0.2) is 0 Å². The quantitative estimate of drug-likeness (QED) is 0.709. The van der Waals surface area contributed by atoms with E-state index >= 15 is 0 Å². The highest BCUT2D eigenvalue weighted by Crippen LogP contribution is 2.51. The maximum Gasteiger partial charge on any atom is 0.0105 e. The summed E-state index contributed by atoms with van der Waals surface area (Å²) < 4.78 is 0. The van der Waals surface area contributed by atoms with Crippen molar-refractivity contribution in [2.24, 2.45) is 23.7 Å². The molecular weight excluding hydrogens is 244 g/mol. The summed E-state index contributed by atoms with van der Waals surface area (Å²) in [4.78, 5) is 0. The summed E-state index contributed by atoms with van der Waals surface area (Å²) in [6.45, 7) is 0. The molecule has 0 spiro atoms. The Morgan fingerprint density at radius 3 is 1.40 bits per heavy atom. The molecule has 3 aliphatic carbocycles. The van der Waals surface area contributed by atoms with Gasteiger partial charge in [-0.1, -0.05) is 25.7 Å². The summed E-state index contributed by atoms with van der Waals surface area (Å²) in [5.74, 6) is 4.07. The highest BCUT2D eigenvalue weighted by atomic mass is 15.1. The van der Waals surface area contributed by atoms with Gasteiger partial charge in [-0.3, -0.25) is 0 Å². The number of hydrogen-bond donors (Lipinski definition) is 2. The normalized spacial score (nSPS) is 57.6. The summed E-state index contributed by atoms with van der Waals surface area (Å²) in [6.07, 6.45) is 14.9. The minimum absolute atomic E-state index is 0.881. The van der Waals surface area contributed by atoms with Crippen LogP contribution in [-0.4, -0.2) is 24.2 Å². The second-order valence-electron chi connectivity index (χ2n) is 8.46. The molecule has 2 N–H and O–H groups in total. The van der Waals surface area contributed by atoms with Gasteiger partial charge in [-0.15, -0.1) is 0 Å². The number of fused-ring (bicyclic) bond motifs is 6. The van der Waals surface area contributed by atoms with Crippen molar-refractivity contribution in [2.45, 2.75) is 88.4 Å². The van der Waals surface area contributed by atoms with Crippen LogP contribution < -0.4 is 10.6 Å². The van der Waals surface area contributed by atoms with E-state index in [4.69, 9.17) is 0 Å². The van der Waals surface area contributed by atoms with Gasteiger partial charge in [0.2, 0.25) is 0 Å². The van der Waals surface area contributed by atoms with Crippen LogP contribution in [0, 0.1) is 23.7 Å². The van der Waals surface area contributed by atoms with E-state index in [1.807, 2.05) is 0 Å². The first-order valence-corrected chi connectivity index (χ1v) is 9.42. The fourth-order valence-electron chi connectivity index (χ4n) is 6.90. The molecule has 2 saturated heterocycles. The SMILES string of the molecule is C1CCC2C(C1)NC1CC3C(CC12)NC1CCCCC13. The van der Waals surface area contributed by atoms with Gasteiger partial charge in [0, 0.05) is 24.2 Å². The van der Waals surface area contributed by atoms with E-state index in [1.165, 1.54) is 64.2 Å². The predicted octanol–water partition coefficient (Wildman–Crippen LogP) is 3.07. The number of hydrogen-bond acceptors (Lipinski definition) is 2. The smallest absolute Gasteiger partial charge is 0.0105 e. The van der Waals surface area contributed by atoms with Crippen molar-refractivity contribution < 1.29 is 0 Å². The van der Waals surface area contributed by atoms with Gasteiger partial charge in [-0.25, -0.2) is 0 Å². The maximum atomic E-state index is 4.08. The molecule has 8 unspecified atom stereocenters. The molecule has 5 aliphatic rings. The molecule has 2 heteroatoms. The molecule has 8 atom stereocenters. The van der Waals surface area contributed by atoms with Gasteiger partial charge in [-0.05, 0) is 62.2 Å². The van der Waals surface area contributed by atoms with Gasteiger partial charge in [0.1, 0.15) is 0 Å². The fourth-order valence-corrected chi connectivity index (χ4v) is 6.90. The van der Waals surface area contributed by atoms with Crippen molar-refractivity contribution in [1.29, 1.82) is 0 Å². The van der Waals surface area contributed by atoms with Gasteiger partial charge in [-0.2, -0.15) is 0 Å². The molecule has 3 saturated carbocycles. The number of nitrogens with one attached hydrogen (secondary N) is 2. The monoisotopic (exact) mass is 274 g/mol. The standard InChI is InChI=1S/C18H30N2/c1-3-7-15-11(5-1)13-9-18-14(10-17(13)19-15)12-6-2-4-8-16(12)20-18/h11-20H,1-10H2. The van der Waals surface area contributed by atoms with Crippen LogP contribution in [0.4, 0.5) is 0 Å². The Bertz CT molecular complexity index is 346. The zero-order chi connectivity index (χ0) is 13.1. The minimum Gasteiger partial charge on any atom is -0.311 e. The molecule has 0 bridgehead atoms. The molecule has 0 amide bonds. The summed E-state index contributed by atoms with van der Waals surface area (Å²) in [6, 6.07) is 3.54. The topological polar surface area (TPSA) is 24.1 Å². The van der Waals surface area contributed by atoms with E-state index in [-0.39, 0.29) is 0 Å². The second-order valence-corrected chi connectivity index (χ2v) is 8.46. The van der Waals surface area contributed by atoms with Crippen LogP contribution in [-0.2, 0) is 0 Å². The third-order valence-electron chi connectivity index (χ3n) is 7.68. The summed E-state index contributed by atoms with van der Waals surface area (Å²) in [5, 5.41) is 8.15. The first-order valence-electron chi connectivity index (χ1n) is 9.42. The predicted molar refractivity (Wildman–Crippen MR) is 81.6 cm³/mol. The summed E-state index contributed by atoms with van der Waals surface area (Å²) in [5.41, 5.74) is 0. The molecule has 2 nitrogen and oxygen atoms in total. The molecule has 112 valence electrons. The van der Waals surface area contributed by atoms with Gasteiger partial charge in [0.05, 0.1) is 0 Å². The van der Waals surface area contributed by atoms with Gasteiger partial charge in [0.15, 0.2) is 0 Å². The average Bonchev–Trinajstić information content (AvgIpc) is 3.02. The third-order valence-corrected chi connectivity index (χ3v) is 7.68. The molecule has 20 heavy (non-hydrogen) atoms. The average molecular weight is 274 g/mol. The molecule has 0 radical (unpaired) electrons. The first-order chi connectivity index (χ1) is 9.90. The lowest BCUT2D eigenvalue weighted by atomic mass is 9.66. The van der Waals surface area contributed by atoms with Crippen LogP contribution in [0.3, 0.4) is 0 Å². The first kappa shape index (κ1) is 12.5. The molecule has 2 aliphatic heterocycles. The van der Waals surface area contributed by atoms with E-state index in [0.29, 0.717) is 0 Å². The van der Waals surface area contributed by atoms with Crippen molar-refractivity contribution in [1.82, 2.24) is 10.6 Å². The van der Waals surface area contributed by atoms with Gasteiger partial charge < -0.3 is 10.6 Å².